The molecule has 0 aliphatic carbocycles. The molecule has 1 aromatic heterocycles. The number of rotatable bonds is 10. The second kappa shape index (κ2) is 12.3. The van der Waals surface area contributed by atoms with Gasteiger partial charge in [-0.2, -0.15) is 0 Å². The van der Waals surface area contributed by atoms with Crippen molar-refractivity contribution in [1.29, 1.82) is 0 Å². The van der Waals surface area contributed by atoms with Crippen LogP contribution in [-0.2, 0) is 0 Å². The van der Waals surface area contributed by atoms with Crippen molar-refractivity contribution in [2.45, 2.75) is 47.0 Å². The molecular weight excluding hydrogens is 444 g/mol. The number of hydrogen-bond donors (Lipinski definition) is 1. The van der Waals surface area contributed by atoms with Crippen molar-refractivity contribution in [1.82, 2.24) is 0 Å². The van der Waals surface area contributed by atoms with Crippen molar-refractivity contribution in [3.63, 3.8) is 0 Å². The predicted molar refractivity (Wildman–Crippen MR) is 139 cm³/mol. The molecule has 3 rings (SSSR count). The molecule has 0 radical (unpaired) electrons. The lowest BCUT2D eigenvalue weighted by atomic mass is 9.81. The van der Waals surface area contributed by atoms with Crippen LogP contribution in [0.1, 0.15) is 68.6 Å². The van der Waals surface area contributed by atoms with Gasteiger partial charge in [0.1, 0.15) is 23.0 Å². The van der Waals surface area contributed by atoms with Gasteiger partial charge in [-0.3, -0.25) is 4.79 Å². The van der Waals surface area contributed by atoms with Crippen LogP contribution < -0.4 is 5.32 Å². The molecule has 0 saturated heterocycles. The molecular formula is C30H33F2NO2. The Morgan fingerprint density at radius 2 is 1.69 bits per heavy atom. The molecule has 2 aromatic carbocycles. The van der Waals surface area contributed by atoms with E-state index in [1.807, 2.05) is 24.3 Å². The zero-order valence-electron chi connectivity index (χ0n) is 20.8. The average Bonchev–Trinajstić information content (AvgIpc) is 3.36. The van der Waals surface area contributed by atoms with E-state index in [0.717, 1.165) is 48.3 Å². The number of furan rings is 1. The Hall–Kier alpha value is -3.47. The fourth-order valence-corrected chi connectivity index (χ4v) is 4.25. The molecule has 1 amide bonds. The van der Waals surface area contributed by atoms with Crippen molar-refractivity contribution >= 4 is 22.7 Å². The number of carbonyl (C=O) groups excluding carboxylic acids is 1. The molecule has 1 N–H and O–H groups in total. The van der Waals surface area contributed by atoms with Crippen molar-refractivity contribution in [3.8, 4) is 0 Å². The third-order valence-corrected chi connectivity index (χ3v) is 6.08. The first-order valence-electron chi connectivity index (χ1n) is 12.2. The second-order valence-electron chi connectivity index (χ2n) is 8.91. The zero-order valence-corrected chi connectivity index (χ0v) is 20.8. The summed E-state index contributed by atoms with van der Waals surface area (Å²) in [5.41, 5.74) is 3.12. The van der Waals surface area contributed by atoms with E-state index in [2.05, 4.69) is 45.2 Å². The van der Waals surface area contributed by atoms with Crippen LogP contribution >= 0.6 is 0 Å². The Kier molecular flexibility index (Phi) is 9.18. The van der Waals surface area contributed by atoms with Gasteiger partial charge >= 0.3 is 0 Å². The maximum atomic E-state index is 14.0. The molecule has 184 valence electrons. The molecule has 1 atom stereocenters. The number of halogens is 2. The highest BCUT2D eigenvalue weighted by atomic mass is 19.1. The van der Waals surface area contributed by atoms with Crippen LogP contribution in [0.2, 0.25) is 0 Å². The molecule has 0 saturated carbocycles. The summed E-state index contributed by atoms with van der Waals surface area (Å²) < 4.78 is 33.7. The van der Waals surface area contributed by atoms with Crippen molar-refractivity contribution < 1.29 is 18.0 Å². The number of amides is 1. The summed E-state index contributed by atoms with van der Waals surface area (Å²) in [5, 5.41) is 2.60. The molecule has 5 heteroatoms. The number of carbonyl (C=O) groups is 1. The number of anilines is 1. The molecule has 0 aliphatic rings. The van der Waals surface area contributed by atoms with Gasteiger partial charge in [-0.05, 0) is 78.3 Å². The summed E-state index contributed by atoms with van der Waals surface area (Å²) in [5.74, 6) is -1.06. The van der Waals surface area contributed by atoms with Gasteiger partial charge in [-0.25, -0.2) is 8.78 Å². The Morgan fingerprint density at radius 3 is 2.23 bits per heavy atom. The molecule has 0 aliphatic heterocycles. The van der Waals surface area contributed by atoms with E-state index >= 15 is 0 Å². The van der Waals surface area contributed by atoms with Gasteiger partial charge in [0.25, 0.3) is 5.91 Å². The predicted octanol–water partition coefficient (Wildman–Crippen LogP) is 8.76. The average molecular weight is 478 g/mol. The molecule has 0 spiro atoms. The number of nitrogens with one attached hydrogen (secondary N) is 1. The number of hydrogen-bond acceptors (Lipinski definition) is 2. The van der Waals surface area contributed by atoms with Crippen molar-refractivity contribution in [2.75, 3.05) is 5.32 Å². The van der Waals surface area contributed by atoms with Crippen molar-refractivity contribution in [3.05, 3.63) is 102 Å². The number of benzene rings is 2. The summed E-state index contributed by atoms with van der Waals surface area (Å²) in [6, 6.07) is 14.6. The smallest absolute Gasteiger partial charge is 0.261 e. The van der Waals surface area contributed by atoms with E-state index in [4.69, 9.17) is 4.42 Å². The third kappa shape index (κ3) is 6.56. The van der Waals surface area contributed by atoms with Gasteiger partial charge in [0.15, 0.2) is 0 Å². The van der Waals surface area contributed by atoms with Gasteiger partial charge in [-0.15, -0.1) is 0 Å². The van der Waals surface area contributed by atoms with E-state index in [9.17, 15) is 13.6 Å². The molecule has 0 bridgehead atoms. The second-order valence-corrected chi connectivity index (χ2v) is 8.91. The summed E-state index contributed by atoms with van der Waals surface area (Å²) >= 11 is 0. The van der Waals surface area contributed by atoms with E-state index < -0.39 is 23.1 Å². The molecule has 1 heterocycles. The van der Waals surface area contributed by atoms with E-state index in [1.54, 1.807) is 18.4 Å². The van der Waals surface area contributed by atoms with Gasteiger partial charge in [0, 0.05) is 11.3 Å². The third-order valence-electron chi connectivity index (χ3n) is 6.08. The van der Waals surface area contributed by atoms with Gasteiger partial charge in [-0.1, -0.05) is 58.4 Å². The lowest BCUT2D eigenvalue weighted by Crippen LogP contribution is -2.16. The lowest BCUT2D eigenvalue weighted by Gasteiger charge is -2.24. The number of allylic oxidation sites excluding steroid dienone is 4. The highest BCUT2D eigenvalue weighted by Crippen LogP contribution is 2.35. The maximum Gasteiger partial charge on any atom is 0.261 e. The van der Waals surface area contributed by atoms with Crippen LogP contribution in [0.5, 0.6) is 0 Å². The highest BCUT2D eigenvalue weighted by Gasteiger charge is 2.20. The van der Waals surface area contributed by atoms with E-state index in [0.29, 0.717) is 17.5 Å². The first-order valence-corrected chi connectivity index (χ1v) is 12.2. The minimum absolute atomic E-state index is 0.308. The maximum absolute atomic E-state index is 14.0. The standard InChI is InChI=1S/C30H33F2NO2/c1-5-7-10-22(28-13-9-18-35-28)19-25(24(6-2)20(3)4)21-14-16-23(17-15-21)33-30(34)29-26(31)11-8-12-27(29)32/h8-20,24H,5-7H2,1-4H3,(H,33,34). The number of unbranched alkanes of at least 4 members (excludes halogenated alkanes) is 1. The van der Waals surface area contributed by atoms with Gasteiger partial charge < -0.3 is 9.73 Å². The fourth-order valence-electron chi connectivity index (χ4n) is 4.25. The largest absolute Gasteiger partial charge is 0.464 e. The van der Waals surface area contributed by atoms with Crippen LogP contribution in [0, 0.1) is 23.5 Å². The minimum atomic E-state index is -0.892. The Labute approximate surface area is 206 Å². The fraction of sp³-hybridized carbons (Fsp3) is 0.300. The summed E-state index contributed by atoms with van der Waals surface area (Å²) in [6.07, 6.45) is 9.02. The van der Waals surface area contributed by atoms with Crippen molar-refractivity contribution in [2.24, 2.45) is 11.8 Å². The van der Waals surface area contributed by atoms with Crippen LogP contribution in [0.15, 0.2) is 77.4 Å². The highest BCUT2D eigenvalue weighted by molar-refractivity contribution is 6.04. The van der Waals surface area contributed by atoms with E-state index in [-0.39, 0.29) is 0 Å². The van der Waals surface area contributed by atoms with Crippen LogP contribution in [0.4, 0.5) is 14.5 Å². The molecule has 3 nitrogen and oxygen atoms in total. The SMILES string of the molecule is CCCC=C(C=C(c1ccc(NC(=O)c2c(F)cccc2F)cc1)C(CC)C(C)C)c1ccco1. The van der Waals surface area contributed by atoms with Gasteiger partial charge in [0.2, 0.25) is 0 Å². The Bertz CT molecular complexity index is 1160. The molecule has 35 heavy (non-hydrogen) atoms. The summed E-state index contributed by atoms with van der Waals surface area (Å²) in [4.78, 5) is 12.5. The lowest BCUT2D eigenvalue weighted by molar-refractivity contribution is 0.101. The monoisotopic (exact) mass is 477 g/mol. The quantitative estimate of drug-likeness (QED) is 0.297. The first-order chi connectivity index (χ1) is 16.8. The minimum Gasteiger partial charge on any atom is -0.464 e. The molecule has 0 fully saturated rings. The summed E-state index contributed by atoms with van der Waals surface area (Å²) in [7, 11) is 0. The topological polar surface area (TPSA) is 42.2 Å². The Balaban J connectivity index is 1.96. The normalized spacial score (nSPS) is 13.2. The van der Waals surface area contributed by atoms with Gasteiger partial charge in [0.05, 0.1) is 6.26 Å². The molecule has 1 unspecified atom stereocenters. The van der Waals surface area contributed by atoms with E-state index in [1.165, 1.54) is 11.6 Å². The van der Waals surface area contributed by atoms with Crippen LogP contribution in [0.25, 0.3) is 11.1 Å². The Morgan fingerprint density at radius 1 is 1.00 bits per heavy atom. The van der Waals surface area contributed by atoms with Crippen LogP contribution in [-0.4, -0.2) is 5.91 Å². The molecule has 3 aromatic rings. The summed E-state index contributed by atoms with van der Waals surface area (Å²) in [6.45, 7) is 8.74. The first kappa shape index (κ1) is 26.1. The van der Waals surface area contributed by atoms with Crippen LogP contribution in [0.3, 0.4) is 0 Å². The zero-order chi connectivity index (χ0) is 25.4.